The topological polar surface area (TPSA) is 79.4 Å². The summed E-state index contributed by atoms with van der Waals surface area (Å²) in [4.78, 5) is 17.0. The molecule has 6 nitrogen and oxygen atoms in total. The summed E-state index contributed by atoms with van der Waals surface area (Å²) in [6, 6.07) is 6.12. The molecule has 146 valence electrons. The lowest BCUT2D eigenvalue weighted by Gasteiger charge is -2.32. The zero-order chi connectivity index (χ0) is 19.6. The first-order valence-electron chi connectivity index (χ1n) is 9.17. The monoisotopic (exact) mass is 407 g/mol. The maximum atomic E-state index is 12.9. The molecular formula is C19H25N3O3S2. The van der Waals surface area contributed by atoms with E-state index < -0.39 is 10.0 Å². The Balaban J connectivity index is 1.73. The Hall–Kier alpha value is -1.77. The quantitative estimate of drug-likeness (QED) is 0.810. The van der Waals surface area contributed by atoms with Crippen LogP contribution in [0, 0.1) is 0 Å². The number of hydrogen-bond acceptors (Lipinski definition) is 5. The molecule has 0 radical (unpaired) electrons. The minimum absolute atomic E-state index is 0.00628. The van der Waals surface area contributed by atoms with E-state index in [1.54, 1.807) is 16.4 Å². The molecule has 1 fully saturated rings. The summed E-state index contributed by atoms with van der Waals surface area (Å²) >= 11 is 1.38. The summed E-state index contributed by atoms with van der Waals surface area (Å²) in [5.74, 6) is 0.00326. The molecular weight excluding hydrogens is 382 g/mol. The van der Waals surface area contributed by atoms with Crippen LogP contribution in [0.25, 0.3) is 0 Å². The maximum Gasteiger partial charge on any atom is 0.257 e. The van der Waals surface area contributed by atoms with Gasteiger partial charge in [-0.25, -0.2) is 13.4 Å². The molecule has 0 bridgehead atoms. The van der Waals surface area contributed by atoms with Gasteiger partial charge in [0.1, 0.15) is 0 Å². The number of hydrogen-bond donors (Lipinski definition) is 1. The predicted molar refractivity (Wildman–Crippen MR) is 108 cm³/mol. The molecule has 1 saturated heterocycles. The fourth-order valence-electron chi connectivity index (χ4n) is 3.12. The van der Waals surface area contributed by atoms with E-state index in [9.17, 15) is 13.2 Å². The third-order valence-electron chi connectivity index (χ3n) is 4.80. The van der Waals surface area contributed by atoms with Gasteiger partial charge in [-0.3, -0.25) is 10.1 Å². The summed E-state index contributed by atoms with van der Waals surface area (Å²) in [6.07, 6.45) is 2.82. The number of piperidine rings is 1. The van der Waals surface area contributed by atoms with Crippen molar-refractivity contribution in [1.82, 2.24) is 9.29 Å². The van der Waals surface area contributed by atoms with Crippen molar-refractivity contribution in [2.24, 2.45) is 0 Å². The van der Waals surface area contributed by atoms with Crippen LogP contribution < -0.4 is 5.32 Å². The van der Waals surface area contributed by atoms with Gasteiger partial charge in [-0.2, -0.15) is 4.31 Å². The van der Waals surface area contributed by atoms with E-state index >= 15 is 0 Å². The molecule has 1 N–H and O–H groups in total. The van der Waals surface area contributed by atoms with Crippen LogP contribution in [0.1, 0.15) is 62.0 Å². The van der Waals surface area contributed by atoms with E-state index in [1.165, 1.54) is 23.5 Å². The van der Waals surface area contributed by atoms with Crippen molar-refractivity contribution in [3.8, 4) is 0 Å². The highest BCUT2D eigenvalue weighted by Gasteiger charge is 2.30. The highest BCUT2D eigenvalue weighted by Crippen LogP contribution is 2.26. The Morgan fingerprint density at radius 3 is 2.56 bits per heavy atom. The second-order valence-electron chi connectivity index (χ2n) is 7.17. The first-order valence-corrected chi connectivity index (χ1v) is 11.5. The molecule has 27 heavy (non-hydrogen) atoms. The van der Waals surface area contributed by atoms with Gasteiger partial charge >= 0.3 is 0 Å². The first-order chi connectivity index (χ1) is 12.8. The van der Waals surface area contributed by atoms with Crippen LogP contribution in [0.3, 0.4) is 0 Å². The minimum atomic E-state index is -3.53. The minimum Gasteiger partial charge on any atom is -0.298 e. The number of nitrogens with one attached hydrogen (secondary N) is 1. The molecule has 1 aliphatic rings. The molecule has 2 heterocycles. The molecule has 1 aromatic carbocycles. The number of aromatic nitrogens is 1. The largest absolute Gasteiger partial charge is 0.298 e. The summed E-state index contributed by atoms with van der Waals surface area (Å²) in [7, 11) is -3.53. The lowest BCUT2D eigenvalue weighted by atomic mass is 10.1. The third-order valence-corrected chi connectivity index (χ3v) is 7.60. The lowest BCUT2D eigenvalue weighted by molar-refractivity contribution is 0.102. The van der Waals surface area contributed by atoms with Crippen molar-refractivity contribution in [2.75, 3.05) is 11.9 Å². The molecule has 2 aromatic rings. The average molecular weight is 408 g/mol. The van der Waals surface area contributed by atoms with Gasteiger partial charge in [0.25, 0.3) is 5.91 Å². The highest BCUT2D eigenvalue weighted by molar-refractivity contribution is 7.89. The number of rotatable bonds is 5. The number of amides is 1. The van der Waals surface area contributed by atoms with Crippen LogP contribution in [-0.4, -0.2) is 36.2 Å². The van der Waals surface area contributed by atoms with Gasteiger partial charge in [-0.05, 0) is 49.9 Å². The van der Waals surface area contributed by atoms with Crippen molar-refractivity contribution in [3.63, 3.8) is 0 Å². The lowest BCUT2D eigenvalue weighted by Crippen LogP contribution is -2.41. The Kier molecular flexibility index (Phi) is 5.98. The van der Waals surface area contributed by atoms with E-state index in [1.807, 2.05) is 26.2 Å². The van der Waals surface area contributed by atoms with Crippen molar-refractivity contribution >= 4 is 32.4 Å². The summed E-state index contributed by atoms with van der Waals surface area (Å²) in [6.45, 7) is 6.58. The van der Waals surface area contributed by atoms with Gasteiger partial charge in [0, 0.05) is 23.5 Å². The smallest absolute Gasteiger partial charge is 0.257 e. The number of thiazole rings is 1. The van der Waals surface area contributed by atoms with Crippen LogP contribution in [-0.2, 0) is 10.0 Å². The second-order valence-corrected chi connectivity index (χ2v) is 9.92. The average Bonchev–Trinajstić information content (AvgIpc) is 3.11. The Bertz CT molecular complexity index is 905. The Morgan fingerprint density at radius 1 is 1.26 bits per heavy atom. The van der Waals surface area contributed by atoms with Crippen molar-refractivity contribution in [1.29, 1.82) is 0 Å². The predicted octanol–water partition coefficient (Wildman–Crippen LogP) is 4.08. The summed E-state index contributed by atoms with van der Waals surface area (Å²) in [5, 5.41) is 5.24. The molecule has 8 heteroatoms. The fraction of sp³-hybridized carbons (Fsp3) is 0.474. The van der Waals surface area contributed by atoms with Gasteiger partial charge in [-0.1, -0.05) is 20.3 Å². The second kappa shape index (κ2) is 8.08. The molecule has 0 spiro atoms. The van der Waals surface area contributed by atoms with Crippen LogP contribution in [0.2, 0.25) is 0 Å². The number of sulfonamides is 1. The van der Waals surface area contributed by atoms with Gasteiger partial charge in [0.2, 0.25) is 10.0 Å². The highest BCUT2D eigenvalue weighted by atomic mass is 32.2. The SMILES string of the molecule is CC(C)c1csc(NC(=O)c2ccc(S(=O)(=O)N3CCCCC3C)cc2)n1. The van der Waals surface area contributed by atoms with E-state index in [2.05, 4.69) is 10.3 Å². The van der Waals surface area contributed by atoms with Gasteiger partial charge in [0.05, 0.1) is 10.6 Å². The molecule has 1 aromatic heterocycles. The van der Waals surface area contributed by atoms with Crippen molar-refractivity contribution in [3.05, 3.63) is 40.9 Å². The molecule has 1 aliphatic heterocycles. The number of benzene rings is 1. The zero-order valence-corrected chi connectivity index (χ0v) is 17.4. The fourth-order valence-corrected chi connectivity index (χ4v) is 5.69. The van der Waals surface area contributed by atoms with E-state index in [-0.39, 0.29) is 16.8 Å². The number of carbonyl (C=O) groups is 1. The van der Waals surface area contributed by atoms with E-state index in [4.69, 9.17) is 0 Å². The van der Waals surface area contributed by atoms with Crippen LogP contribution in [0.4, 0.5) is 5.13 Å². The van der Waals surface area contributed by atoms with Crippen molar-refractivity contribution in [2.45, 2.75) is 56.9 Å². The zero-order valence-electron chi connectivity index (χ0n) is 15.8. The van der Waals surface area contributed by atoms with Crippen LogP contribution >= 0.6 is 11.3 Å². The molecule has 1 amide bonds. The van der Waals surface area contributed by atoms with Gasteiger partial charge in [0.15, 0.2) is 5.13 Å². The first kappa shape index (κ1) is 20.0. The molecule has 3 rings (SSSR count). The number of nitrogens with zero attached hydrogens (tertiary/aromatic N) is 2. The van der Waals surface area contributed by atoms with Gasteiger partial charge < -0.3 is 0 Å². The number of anilines is 1. The van der Waals surface area contributed by atoms with Gasteiger partial charge in [-0.15, -0.1) is 11.3 Å². The number of carbonyl (C=O) groups excluding carboxylic acids is 1. The van der Waals surface area contributed by atoms with E-state index in [0.29, 0.717) is 23.2 Å². The normalized spacial score (nSPS) is 18.6. The standard InChI is InChI=1S/C19H25N3O3S2/c1-13(2)17-12-26-19(20-17)21-18(23)15-7-9-16(10-8-15)27(24,25)22-11-5-4-6-14(22)3/h7-10,12-14H,4-6,11H2,1-3H3,(H,20,21,23). The van der Waals surface area contributed by atoms with E-state index in [0.717, 1.165) is 25.0 Å². The molecule has 1 atom stereocenters. The summed E-state index contributed by atoms with van der Waals surface area (Å²) in [5.41, 5.74) is 1.34. The molecule has 0 saturated carbocycles. The maximum absolute atomic E-state index is 12.9. The third kappa shape index (κ3) is 4.39. The Labute approximate surface area is 164 Å². The van der Waals surface area contributed by atoms with Crippen LogP contribution in [0.15, 0.2) is 34.5 Å². The molecule has 1 unspecified atom stereocenters. The Morgan fingerprint density at radius 2 is 1.96 bits per heavy atom. The molecule has 0 aliphatic carbocycles. The summed E-state index contributed by atoms with van der Waals surface area (Å²) < 4.78 is 27.3. The van der Waals surface area contributed by atoms with Crippen molar-refractivity contribution < 1.29 is 13.2 Å². The van der Waals surface area contributed by atoms with Crippen LogP contribution in [0.5, 0.6) is 0 Å².